The molecule has 3 N–H and O–H groups in total. The molecule has 2 heteroatoms. The first kappa shape index (κ1) is 8.57. The Kier molecular flexibility index (Phi) is 2.00. The van der Waals surface area contributed by atoms with Crippen molar-refractivity contribution in [1.29, 1.82) is 0 Å². The first-order valence-corrected chi connectivity index (χ1v) is 4.77. The van der Waals surface area contributed by atoms with Gasteiger partial charge in [0.2, 0.25) is 0 Å². The Morgan fingerprint density at radius 2 is 1.92 bits per heavy atom. The number of anilines is 1. The van der Waals surface area contributed by atoms with Crippen molar-refractivity contribution in [3.05, 3.63) is 29.8 Å². The molecular weight excluding hydrogens is 160 g/mol. The number of nitrogens with two attached hydrogens (primary N) is 1. The average molecular weight is 176 g/mol. The molecule has 0 heterocycles. The topological polar surface area (TPSA) is 38.0 Å². The monoisotopic (exact) mass is 176 g/mol. The van der Waals surface area contributed by atoms with Crippen LogP contribution in [0.3, 0.4) is 0 Å². The summed E-state index contributed by atoms with van der Waals surface area (Å²) in [6.07, 6.45) is 2.61. The van der Waals surface area contributed by atoms with E-state index < -0.39 is 0 Å². The molecule has 0 atom stereocenters. The van der Waals surface area contributed by atoms with Crippen molar-refractivity contribution in [2.45, 2.75) is 18.3 Å². The second-order valence-corrected chi connectivity index (χ2v) is 3.93. The van der Waals surface area contributed by atoms with E-state index >= 15 is 0 Å². The Morgan fingerprint density at radius 1 is 1.31 bits per heavy atom. The molecular formula is C11H16N2. The van der Waals surface area contributed by atoms with Crippen molar-refractivity contribution in [3.63, 3.8) is 0 Å². The van der Waals surface area contributed by atoms with Gasteiger partial charge in [-0.3, -0.25) is 0 Å². The molecule has 1 aliphatic carbocycles. The first-order valence-electron chi connectivity index (χ1n) is 4.77. The van der Waals surface area contributed by atoms with Crippen LogP contribution in [0.1, 0.15) is 18.4 Å². The summed E-state index contributed by atoms with van der Waals surface area (Å²) in [6.45, 7) is 1.08. The zero-order chi connectivity index (χ0) is 9.31. The summed E-state index contributed by atoms with van der Waals surface area (Å²) >= 11 is 0. The van der Waals surface area contributed by atoms with Crippen molar-refractivity contribution < 1.29 is 0 Å². The van der Waals surface area contributed by atoms with Gasteiger partial charge in [0, 0.05) is 17.6 Å². The highest BCUT2D eigenvalue weighted by molar-refractivity contribution is 5.43. The van der Waals surface area contributed by atoms with E-state index in [1.54, 1.807) is 0 Å². The molecule has 0 radical (unpaired) electrons. The lowest BCUT2D eigenvalue weighted by atomic mass is 9.96. The van der Waals surface area contributed by atoms with Gasteiger partial charge in [-0.2, -0.15) is 0 Å². The minimum Gasteiger partial charge on any atom is -0.399 e. The van der Waals surface area contributed by atoms with Gasteiger partial charge in [0.05, 0.1) is 0 Å². The number of hydrogen-bond donors (Lipinski definition) is 2. The Labute approximate surface area is 79.1 Å². The van der Waals surface area contributed by atoms with Gasteiger partial charge in [-0.1, -0.05) is 12.1 Å². The Hall–Kier alpha value is -1.02. The first-order chi connectivity index (χ1) is 6.27. The summed E-state index contributed by atoms with van der Waals surface area (Å²) in [6, 6.07) is 8.29. The van der Waals surface area contributed by atoms with Gasteiger partial charge in [-0.25, -0.2) is 0 Å². The lowest BCUT2D eigenvalue weighted by Crippen LogP contribution is -2.23. The molecule has 1 saturated carbocycles. The molecule has 13 heavy (non-hydrogen) atoms. The summed E-state index contributed by atoms with van der Waals surface area (Å²) in [4.78, 5) is 0. The molecule has 0 unspecified atom stereocenters. The van der Waals surface area contributed by atoms with Gasteiger partial charge in [-0.05, 0) is 37.6 Å². The number of rotatable bonds is 3. The van der Waals surface area contributed by atoms with Crippen LogP contribution in [0.2, 0.25) is 0 Å². The van der Waals surface area contributed by atoms with Crippen LogP contribution in [0.4, 0.5) is 5.69 Å². The third-order valence-corrected chi connectivity index (χ3v) is 2.89. The van der Waals surface area contributed by atoms with E-state index in [0.717, 1.165) is 12.2 Å². The number of benzene rings is 1. The standard InChI is InChI=1S/C11H16N2/c1-13-8-11(6-7-11)9-2-4-10(12)5-3-9/h2-5,13H,6-8,12H2,1H3. The summed E-state index contributed by atoms with van der Waals surface area (Å²) in [5.41, 5.74) is 8.35. The fourth-order valence-electron chi connectivity index (χ4n) is 1.89. The molecule has 1 aliphatic rings. The molecule has 0 spiro atoms. The molecule has 70 valence electrons. The highest BCUT2D eigenvalue weighted by atomic mass is 14.8. The normalized spacial score (nSPS) is 18.5. The molecule has 0 aromatic heterocycles. The lowest BCUT2D eigenvalue weighted by molar-refractivity contribution is 0.624. The third-order valence-electron chi connectivity index (χ3n) is 2.89. The van der Waals surface area contributed by atoms with Crippen molar-refractivity contribution in [1.82, 2.24) is 5.32 Å². The van der Waals surface area contributed by atoms with Gasteiger partial charge in [-0.15, -0.1) is 0 Å². The maximum atomic E-state index is 5.65. The summed E-state index contributed by atoms with van der Waals surface area (Å²) in [5, 5.41) is 3.25. The lowest BCUT2D eigenvalue weighted by Gasteiger charge is -2.14. The summed E-state index contributed by atoms with van der Waals surface area (Å²) in [5.74, 6) is 0. The van der Waals surface area contributed by atoms with Gasteiger partial charge >= 0.3 is 0 Å². The van der Waals surface area contributed by atoms with Crippen LogP contribution >= 0.6 is 0 Å². The number of likely N-dealkylation sites (N-methyl/N-ethyl adjacent to an activating group) is 1. The molecule has 2 rings (SSSR count). The zero-order valence-corrected chi connectivity index (χ0v) is 8.01. The Balaban J connectivity index is 2.20. The minimum atomic E-state index is 0.419. The fraction of sp³-hybridized carbons (Fsp3) is 0.455. The molecule has 2 nitrogen and oxygen atoms in total. The Bertz CT molecular complexity index is 285. The molecule has 0 saturated heterocycles. The SMILES string of the molecule is CNCC1(c2ccc(N)cc2)CC1. The maximum Gasteiger partial charge on any atom is 0.0314 e. The predicted molar refractivity (Wildman–Crippen MR) is 55.7 cm³/mol. The van der Waals surface area contributed by atoms with E-state index in [2.05, 4.69) is 17.4 Å². The highest BCUT2D eigenvalue weighted by Crippen LogP contribution is 2.47. The average Bonchev–Trinajstić information content (AvgIpc) is 2.87. The highest BCUT2D eigenvalue weighted by Gasteiger charge is 2.43. The summed E-state index contributed by atoms with van der Waals surface area (Å²) in [7, 11) is 2.01. The van der Waals surface area contributed by atoms with Gasteiger partial charge < -0.3 is 11.1 Å². The van der Waals surface area contributed by atoms with E-state index in [-0.39, 0.29) is 0 Å². The van der Waals surface area contributed by atoms with E-state index in [1.165, 1.54) is 18.4 Å². The van der Waals surface area contributed by atoms with Gasteiger partial charge in [0.15, 0.2) is 0 Å². The van der Waals surface area contributed by atoms with E-state index in [4.69, 9.17) is 5.73 Å². The van der Waals surface area contributed by atoms with Crippen LogP contribution < -0.4 is 11.1 Å². The molecule has 1 aromatic rings. The van der Waals surface area contributed by atoms with Crippen LogP contribution in [-0.4, -0.2) is 13.6 Å². The molecule has 0 bridgehead atoms. The van der Waals surface area contributed by atoms with Gasteiger partial charge in [0.1, 0.15) is 0 Å². The van der Waals surface area contributed by atoms with Gasteiger partial charge in [0.25, 0.3) is 0 Å². The van der Waals surface area contributed by atoms with Crippen LogP contribution in [0.5, 0.6) is 0 Å². The molecule has 1 aromatic carbocycles. The predicted octanol–water partition coefficient (Wildman–Crippen LogP) is 1.52. The summed E-state index contributed by atoms with van der Waals surface area (Å²) < 4.78 is 0. The van der Waals surface area contributed by atoms with Crippen molar-refractivity contribution in [2.24, 2.45) is 0 Å². The van der Waals surface area contributed by atoms with Crippen molar-refractivity contribution >= 4 is 5.69 Å². The zero-order valence-electron chi connectivity index (χ0n) is 8.01. The largest absolute Gasteiger partial charge is 0.399 e. The Morgan fingerprint density at radius 3 is 2.38 bits per heavy atom. The maximum absolute atomic E-state index is 5.65. The van der Waals surface area contributed by atoms with Crippen molar-refractivity contribution in [3.8, 4) is 0 Å². The second kappa shape index (κ2) is 3.04. The quantitative estimate of drug-likeness (QED) is 0.685. The number of hydrogen-bond acceptors (Lipinski definition) is 2. The third kappa shape index (κ3) is 1.54. The number of nitrogen functional groups attached to an aromatic ring is 1. The van der Waals surface area contributed by atoms with E-state index in [1.807, 2.05) is 19.2 Å². The second-order valence-electron chi connectivity index (χ2n) is 3.93. The molecule has 1 fully saturated rings. The number of nitrogens with one attached hydrogen (secondary N) is 1. The van der Waals surface area contributed by atoms with Crippen LogP contribution in [0.25, 0.3) is 0 Å². The van der Waals surface area contributed by atoms with Crippen LogP contribution in [-0.2, 0) is 5.41 Å². The van der Waals surface area contributed by atoms with E-state index in [0.29, 0.717) is 5.41 Å². The minimum absolute atomic E-state index is 0.419. The van der Waals surface area contributed by atoms with Crippen LogP contribution in [0.15, 0.2) is 24.3 Å². The van der Waals surface area contributed by atoms with Crippen molar-refractivity contribution in [2.75, 3.05) is 19.3 Å². The molecule has 0 amide bonds. The van der Waals surface area contributed by atoms with E-state index in [9.17, 15) is 0 Å². The fourth-order valence-corrected chi connectivity index (χ4v) is 1.89. The van der Waals surface area contributed by atoms with Crippen LogP contribution in [0, 0.1) is 0 Å². The smallest absolute Gasteiger partial charge is 0.0314 e. The molecule has 0 aliphatic heterocycles.